The molecular weight excluding hydrogens is 304 g/mol. The minimum Gasteiger partial charge on any atom is -0.773 e. The number of nitrogens with two attached hydrogens (primary N) is 1. The molecule has 3 atom stereocenters. The first-order valence-corrected chi connectivity index (χ1v) is 6.94. The lowest BCUT2D eigenvalue weighted by molar-refractivity contribution is -0.137. The van der Waals surface area contributed by atoms with Crippen LogP contribution in [0.25, 0.3) is 0 Å². The largest absolute Gasteiger partial charge is 0.773 e. The van der Waals surface area contributed by atoms with Crippen molar-refractivity contribution in [2.45, 2.75) is 11.3 Å². The molecule has 1 aliphatic rings. The van der Waals surface area contributed by atoms with Crippen LogP contribution < -0.4 is 16.4 Å². The Morgan fingerprint density at radius 2 is 1.68 bits per heavy atom. The van der Waals surface area contributed by atoms with E-state index in [4.69, 9.17) is 18.4 Å². The van der Waals surface area contributed by atoms with Gasteiger partial charge in [0.1, 0.15) is 5.92 Å². The molecule has 0 aliphatic carbocycles. The van der Waals surface area contributed by atoms with Gasteiger partial charge in [0.25, 0.3) is 0 Å². The van der Waals surface area contributed by atoms with Crippen LogP contribution in [0.2, 0.25) is 0 Å². The molecule has 1 aliphatic heterocycles. The molecule has 1 saturated heterocycles. The Balaban J connectivity index is 2.49. The molecule has 0 saturated carbocycles. The van der Waals surface area contributed by atoms with E-state index in [1.165, 1.54) is 0 Å². The van der Waals surface area contributed by atoms with E-state index in [2.05, 4.69) is 0 Å². The highest BCUT2D eigenvalue weighted by Gasteiger charge is 2.44. The van der Waals surface area contributed by atoms with Crippen LogP contribution in [0, 0.1) is 23.2 Å². The number of urea groups is 1. The minimum absolute atomic E-state index is 0.582. The van der Waals surface area contributed by atoms with Gasteiger partial charge in [-0.1, -0.05) is 30.3 Å². The lowest BCUT2D eigenvalue weighted by atomic mass is 9.75. The maximum atomic E-state index is 12.1. The molecular formula is C14H13N4O3S-. The SMILES string of the molecule is N#CC(C(N)[S-])C(c1ccccc1)C1C(=O)NC(=O)NC1=O. The summed E-state index contributed by atoms with van der Waals surface area (Å²) in [5.41, 5.74) is 6.25. The van der Waals surface area contributed by atoms with Gasteiger partial charge in [0, 0.05) is 11.8 Å². The molecule has 0 radical (unpaired) electrons. The Bertz CT molecular complexity index is 621. The summed E-state index contributed by atoms with van der Waals surface area (Å²) in [6.07, 6.45) is 0. The highest BCUT2D eigenvalue weighted by Crippen LogP contribution is 2.34. The van der Waals surface area contributed by atoms with Gasteiger partial charge in [0.2, 0.25) is 11.8 Å². The van der Waals surface area contributed by atoms with Gasteiger partial charge in [0.15, 0.2) is 0 Å². The number of nitrogens with zero attached hydrogens (tertiary/aromatic N) is 1. The van der Waals surface area contributed by atoms with E-state index in [9.17, 15) is 19.6 Å². The summed E-state index contributed by atoms with van der Waals surface area (Å²) in [6, 6.07) is 9.66. The highest BCUT2D eigenvalue weighted by atomic mass is 32.1. The van der Waals surface area contributed by atoms with Crippen molar-refractivity contribution in [2.24, 2.45) is 17.6 Å². The molecule has 1 aromatic carbocycles. The Morgan fingerprint density at radius 1 is 1.14 bits per heavy atom. The quantitative estimate of drug-likeness (QED) is 0.518. The summed E-state index contributed by atoms with van der Waals surface area (Å²) in [4.78, 5) is 35.4. The molecule has 22 heavy (non-hydrogen) atoms. The predicted molar refractivity (Wildman–Crippen MR) is 78.8 cm³/mol. The van der Waals surface area contributed by atoms with Crippen molar-refractivity contribution in [1.29, 1.82) is 5.26 Å². The van der Waals surface area contributed by atoms with E-state index in [1.54, 1.807) is 30.3 Å². The Hall–Kier alpha value is -2.37. The molecule has 1 heterocycles. The van der Waals surface area contributed by atoms with Crippen LogP contribution in [0.5, 0.6) is 0 Å². The van der Waals surface area contributed by atoms with Crippen molar-refractivity contribution >= 4 is 30.5 Å². The first-order valence-electron chi connectivity index (χ1n) is 6.47. The predicted octanol–water partition coefficient (Wildman–Crippen LogP) is -0.276. The normalized spacial score (nSPS) is 19.6. The second kappa shape index (κ2) is 6.60. The molecule has 8 heteroatoms. The molecule has 2 rings (SSSR count). The number of imide groups is 2. The monoisotopic (exact) mass is 317 g/mol. The summed E-state index contributed by atoms with van der Waals surface area (Å²) in [6.45, 7) is 0. The second-order valence-electron chi connectivity index (χ2n) is 4.84. The van der Waals surface area contributed by atoms with Crippen LogP contribution in [0.4, 0.5) is 4.79 Å². The first-order chi connectivity index (χ1) is 10.5. The fourth-order valence-electron chi connectivity index (χ4n) is 2.50. The van der Waals surface area contributed by atoms with Crippen LogP contribution in [0.3, 0.4) is 0 Å². The van der Waals surface area contributed by atoms with Gasteiger partial charge < -0.3 is 18.4 Å². The zero-order valence-corrected chi connectivity index (χ0v) is 12.2. The fourth-order valence-corrected chi connectivity index (χ4v) is 2.73. The zero-order valence-electron chi connectivity index (χ0n) is 11.4. The minimum atomic E-state index is -1.25. The van der Waals surface area contributed by atoms with Crippen LogP contribution in [0.15, 0.2) is 30.3 Å². The van der Waals surface area contributed by atoms with Crippen molar-refractivity contribution in [3.63, 3.8) is 0 Å². The maximum Gasteiger partial charge on any atom is 0.328 e. The lowest BCUT2D eigenvalue weighted by Crippen LogP contribution is -2.58. The average molecular weight is 317 g/mol. The number of hydrogen-bond acceptors (Lipinski definition) is 6. The molecule has 7 nitrogen and oxygen atoms in total. The summed E-state index contributed by atoms with van der Waals surface area (Å²) >= 11 is 4.97. The molecule has 4 amide bonds. The van der Waals surface area contributed by atoms with Crippen LogP contribution in [0.1, 0.15) is 11.5 Å². The Morgan fingerprint density at radius 3 is 2.14 bits per heavy atom. The van der Waals surface area contributed by atoms with Crippen LogP contribution in [-0.4, -0.2) is 23.2 Å². The number of amides is 4. The van der Waals surface area contributed by atoms with Gasteiger partial charge in [-0.15, -0.1) is 5.37 Å². The molecule has 1 aromatic rings. The topological polar surface area (TPSA) is 125 Å². The van der Waals surface area contributed by atoms with Gasteiger partial charge in [-0.05, 0) is 5.56 Å². The third-order valence-electron chi connectivity index (χ3n) is 3.47. The van der Waals surface area contributed by atoms with Crippen molar-refractivity contribution < 1.29 is 14.4 Å². The Labute approximate surface area is 132 Å². The number of barbiturate groups is 1. The van der Waals surface area contributed by atoms with Crippen LogP contribution in [-0.2, 0) is 22.2 Å². The number of carbonyl (C=O) groups is 3. The van der Waals surface area contributed by atoms with Crippen molar-refractivity contribution in [1.82, 2.24) is 10.6 Å². The highest BCUT2D eigenvalue weighted by molar-refractivity contribution is 7.59. The first kappa shape index (κ1) is 16.0. The number of hydrogen-bond donors (Lipinski definition) is 3. The number of benzene rings is 1. The smallest absolute Gasteiger partial charge is 0.328 e. The molecule has 0 bridgehead atoms. The van der Waals surface area contributed by atoms with E-state index in [0.29, 0.717) is 5.56 Å². The number of nitriles is 1. The Kier molecular flexibility index (Phi) is 4.80. The number of carbonyl (C=O) groups excluding carboxylic acids is 3. The lowest BCUT2D eigenvalue weighted by Gasteiger charge is -2.36. The van der Waals surface area contributed by atoms with Crippen molar-refractivity contribution in [3.8, 4) is 6.07 Å². The van der Waals surface area contributed by atoms with Crippen LogP contribution >= 0.6 is 0 Å². The van der Waals surface area contributed by atoms with Crippen molar-refractivity contribution in [2.75, 3.05) is 0 Å². The van der Waals surface area contributed by atoms with E-state index < -0.39 is 41.0 Å². The van der Waals surface area contributed by atoms with Gasteiger partial charge in [0.05, 0.1) is 6.07 Å². The van der Waals surface area contributed by atoms with Gasteiger partial charge in [-0.25, -0.2) is 4.79 Å². The van der Waals surface area contributed by atoms with E-state index in [0.717, 1.165) is 0 Å². The zero-order chi connectivity index (χ0) is 16.3. The van der Waals surface area contributed by atoms with E-state index >= 15 is 0 Å². The van der Waals surface area contributed by atoms with E-state index in [-0.39, 0.29) is 0 Å². The molecule has 0 aromatic heterocycles. The summed E-state index contributed by atoms with van der Waals surface area (Å²) in [5, 5.41) is 12.5. The van der Waals surface area contributed by atoms with Gasteiger partial charge >= 0.3 is 6.03 Å². The number of rotatable bonds is 4. The van der Waals surface area contributed by atoms with E-state index in [1.807, 2.05) is 16.7 Å². The maximum absolute atomic E-state index is 12.1. The molecule has 3 unspecified atom stereocenters. The van der Waals surface area contributed by atoms with Crippen molar-refractivity contribution in [3.05, 3.63) is 35.9 Å². The standard InChI is InChI=1S/C14H14N4O3S/c15-6-8(11(16)22)9(7-4-2-1-3-5-7)10-12(19)17-14(21)18-13(10)20/h1-5,8-11,22H,16H2,(H2,17,18,19,20,21)/p-1. The summed E-state index contributed by atoms with van der Waals surface area (Å²) in [7, 11) is 0. The van der Waals surface area contributed by atoms with Gasteiger partial charge in [-0.3, -0.25) is 20.2 Å². The third kappa shape index (κ3) is 3.10. The molecule has 114 valence electrons. The average Bonchev–Trinajstić information content (AvgIpc) is 2.46. The summed E-state index contributed by atoms with van der Waals surface area (Å²) in [5.74, 6) is -4.56. The molecule has 0 spiro atoms. The van der Waals surface area contributed by atoms with Gasteiger partial charge in [-0.2, -0.15) is 5.26 Å². The number of nitrogens with one attached hydrogen (secondary N) is 2. The second-order valence-corrected chi connectivity index (χ2v) is 5.39. The summed E-state index contributed by atoms with van der Waals surface area (Å²) < 4.78 is 0. The molecule has 1 fully saturated rings. The fraction of sp³-hybridized carbons (Fsp3) is 0.286. The molecule has 4 N–H and O–H groups in total. The third-order valence-corrected chi connectivity index (χ3v) is 3.77.